The number of benzene rings is 2. The van der Waals surface area contributed by atoms with E-state index >= 15 is 0 Å². The van der Waals surface area contributed by atoms with Gasteiger partial charge in [-0.25, -0.2) is 9.18 Å². The summed E-state index contributed by atoms with van der Waals surface area (Å²) in [5.41, 5.74) is 1.37. The van der Waals surface area contributed by atoms with Crippen molar-refractivity contribution in [3.63, 3.8) is 0 Å². The summed E-state index contributed by atoms with van der Waals surface area (Å²) in [5, 5.41) is 4.73. The first-order valence-corrected chi connectivity index (χ1v) is 12.9. The molecule has 0 bridgehead atoms. The van der Waals surface area contributed by atoms with Crippen molar-refractivity contribution in [2.75, 3.05) is 51.3 Å². The van der Waals surface area contributed by atoms with Gasteiger partial charge in [-0.05, 0) is 35.2 Å². The summed E-state index contributed by atoms with van der Waals surface area (Å²) in [5.74, 6) is -0.586. The summed E-state index contributed by atoms with van der Waals surface area (Å²) in [6.07, 6.45) is 0. The Morgan fingerprint density at radius 1 is 0.972 bits per heavy atom. The minimum absolute atomic E-state index is 0.0797. The molecule has 4 rings (SSSR count). The molecule has 3 amide bonds. The molecule has 0 atom stereocenters. The van der Waals surface area contributed by atoms with Crippen LogP contribution in [0, 0.1) is 5.82 Å². The van der Waals surface area contributed by atoms with Crippen LogP contribution in [0.5, 0.6) is 0 Å². The van der Waals surface area contributed by atoms with E-state index in [0.717, 1.165) is 23.5 Å². The second kappa shape index (κ2) is 13.2. The largest absolute Gasteiger partial charge is 0.379 e. The molecule has 0 radical (unpaired) electrons. The number of nitrogens with one attached hydrogen (secondary N) is 1. The molecule has 1 fully saturated rings. The molecule has 0 unspecified atom stereocenters. The van der Waals surface area contributed by atoms with Crippen molar-refractivity contribution in [3.05, 3.63) is 88.4 Å². The highest BCUT2D eigenvalue weighted by Gasteiger charge is 2.23. The van der Waals surface area contributed by atoms with E-state index < -0.39 is 11.8 Å². The van der Waals surface area contributed by atoms with Crippen molar-refractivity contribution in [2.24, 2.45) is 0 Å². The first kappa shape index (κ1) is 25.8. The lowest BCUT2D eigenvalue weighted by atomic mass is 10.2. The van der Waals surface area contributed by atoms with Gasteiger partial charge >= 0.3 is 6.03 Å². The Morgan fingerprint density at radius 2 is 1.78 bits per heavy atom. The van der Waals surface area contributed by atoms with E-state index in [0.29, 0.717) is 45.1 Å². The molecule has 0 saturated carbocycles. The van der Waals surface area contributed by atoms with E-state index in [2.05, 4.69) is 10.2 Å². The fraction of sp³-hybridized carbons (Fsp3) is 0.333. The maximum Gasteiger partial charge on any atom is 0.322 e. The van der Waals surface area contributed by atoms with Gasteiger partial charge in [0.15, 0.2) is 0 Å². The number of ether oxygens (including phenoxy) is 1. The maximum absolute atomic E-state index is 13.7. The molecule has 9 heteroatoms. The van der Waals surface area contributed by atoms with E-state index in [4.69, 9.17) is 4.74 Å². The van der Waals surface area contributed by atoms with Crippen molar-refractivity contribution in [2.45, 2.75) is 13.1 Å². The van der Waals surface area contributed by atoms with Gasteiger partial charge in [-0.15, -0.1) is 11.3 Å². The molecule has 0 aliphatic carbocycles. The number of carbonyl (C=O) groups excluding carboxylic acids is 2. The van der Waals surface area contributed by atoms with Gasteiger partial charge in [-0.3, -0.25) is 9.69 Å². The number of thiophene rings is 1. The Balaban J connectivity index is 1.48. The van der Waals surface area contributed by atoms with Crippen LogP contribution < -0.4 is 5.32 Å². The fourth-order valence-corrected chi connectivity index (χ4v) is 4.72. The van der Waals surface area contributed by atoms with Gasteiger partial charge in [-0.2, -0.15) is 0 Å². The molecule has 0 spiro atoms. The van der Waals surface area contributed by atoms with E-state index in [1.807, 2.05) is 47.8 Å². The monoisotopic (exact) mass is 510 g/mol. The van der Waals surface area contributed by atoms with Crippen LogP contribution in [-0.2, 0) is 22.6 Å². The summed E-state index contributed by atoms with van der Waals surface area (Å²) >= 11 is 1.60. The molecule has 3 aromatic rings. The zero-order valence-electron chi connectivity index (χ0n) is 20.1. The number of urea groups is 1. The number of anilines is 1. The Kier molecular flexibility index (Phi) is 9.43. The van der Waals surface area contributed by atoms with Crippen molar-refractivity contribution in [1.29, 1.82) is 0 Å². The highest BCUT2D eigenvalue weighted by atomic mass is 32.1. The summed E-state index contributed by atoms with van der Waals surface area (Å²) in [4.78, 5) is 33.3. The van der Waals surface area contributed by atoms with Crippen molar-refractivity contribution < 1.29 is 18.7 Å². The van der Waals surface area contributed by atoms with Gasteiger partial charge in [0.05, 0.1) is 19.8 Å². The van der Waals surface area contributed by atoms with Crippen LogP contribution in [0.1, 0.15) is 10.4 Å². The molecule has 36 heavy (non-hydrogen) atoms. The van der Waals surface area contributed by atoms with E-state index in [9.17, 15) is 14.0 Å². The lowest BCUT2D eigenvalue weighted by Gasteiger charge is -2.31. The molecule has 2 heterocycles. The van der Waals surface area contributed by atoms with Gasteiger partial charge in [0.1, 0.15) is 12.4 Å². The molecule has 1 aromatic heterocycles. The number of hydrogen-bond donors (Lipinski definition) is 1. The Labute approximate surface area is 215 Å². The van der Waals surface area contributed by atoms with Crippen molar-refractivity contribution in [1.82, 2.24) is 14.7 Å². The third kappa shape index (κ3) is 7.87. The molecule has 1 saturated heterocycles. The first-order valence-electron chi connectivity index (χ1n) is 12.0. The topological polar surface area (TPSA) is 65.1 Å². The summed E-state index contributed by atoms with van der Waals surface area (Å²) in [7, 11) is 0. The number of nitrogens with zero attached hydrogens (tertiary/aromatic N) is 3. The standard InChI is InChI=1S/C27H31FN4O3S/c28-23-8-4-9-24(18-23)29-27(34)31(12-11-30-13-15-35-16-14-30)21-26(33)32(20-25-10-5-17-36-25)19-22-6-2-1-3-7-22/h1-10,17-18H,11-16,19-21H2,(H,29,34). The van der Waals surface area contributed by atoms with E-state index in [1.165, 1.54) is 23.1 Å². The third-order valence-corrected chi connectivity index (χ3v) is 6.84. The quantitative estimate of drug-likeness (QED) is 0.442. The summed E-state index contributed by atoms with van der Waals surface area (Å²) < 4.78 is 19.1. The van der Waals surface area contributed by atoms with Gasteiger partial charge in [0, 0.05) is 43.3 Å². The molecule has 7 nitrogen and oxygen atoms in total. The Hall–Kier alpha value is -3.27. The zero-order chi connectivity index (χ0) is 25.2. The van der Waals surface area contributed by atoms with Crippen molar-refractivity contribution >= 4 is 29.0 Å². The number of hydrogen-bond acceptors (Lipinski definition) is 5. The molecule has 1 aliphatic heterocycles. The van der Waals surface area contributed by atoms with Crippen LogP contribution in [0.15, 0.2) is 72.1 Å². The molecule has 2 aromatic carbocycles. The van der Waals surface area contributed by atoms with Crippen LogP contribution >= 0.6 is 11.3 Å². The molecule has 190 valence electrons. The highest BCUT2D eigenvalue weighted by molar-refractivity contribution is 7.09. The fourth-order valence-electron chi connectivity index (χ4n) is 4.00. The average molecular weight is 511 g/mol. The second-order valence-electron chi connectivity index (χ2n) is 8.63. The summed E-state index contributed by atoms with van der Waals surface area (Å²) in [6, 6.07) is 19.1. The van der Waals surface area contributed by atoms with E-state index in [-0.39, 0.29) is 12.5 Å². The first-order chi connectivity index (χ1) is 17.6. The predicted molar refractivity (Wildman–Crippen MR) is 139 cm³/mol. The lowest BCUT2D eigenvalue weighted by Crippen LogP contribution is -2.48. The third-order valence-electron chi connectivity index (χ3n) is 5.97. The molecule has 1 aliphatic rings. The van der Waals surface area contributed by atoms with Crippen LogP contribution in [-0.4, -0.2) is 72.6 Å². The molecule has 1 N–H and O–H groups in total. The number of carbonyl (C=O) groups is 2. The van der Waals surface area contributed by atoms with Crippen LogP contribution in [0.3, 0.4) is 0 Å². The Bertz CT molecular complexity index is 1110. The van der Waals surface area contributed by atoms with Gasteiger partial charge in [0.25, 0.3) is 0 Å². The SMILES string of the molecule is O=C(CN(CCN1CCOCC1)C(=O)Nc1cccc(F)c1)N(Cc1ccccc1)Cc1cccs1. The van der Waals surface area contributed by atoms with Crippen LogP contribution in [0.4, 0.5) is 14.9 Å². The van der Waals surface area contributed by atoms with Crippen LogP contribution in [0.2, 0.25) is 0 Å². The van der Waals surface area contributed by atoms with Gasteiger partial charge < -0.3 is 19.9 Å². The number of amides is 3. The lowest BCUT2D eigenvalue weighted by molar-refractivity contribution is -0.133. The van der Waals surface area contributed by atoms with Gasteiger partial charge in [-0.1, -0.05) is 42.5 Å². The molecular weight excluding hydrogens is 479 g/mol. The number of rotatable bonds is 10. The summed E-state index contributed by atoms with van der Waals surface area (Å²) in [6.45, 7) is 4.69. The highest BCUT2D eigenvalue weighted by Crippen LogP contribution is 2.16. The van der Waals surface area contributed by atoms with Gasteiger partial charge in [0.2, 0.25) is 5.91 Å². The normalized spacial score (nSPS) is 13.8. The number of halogens is 1. The predicted octanol–water partition coefficient (Wildman–Crippen LogP) is 4.28. The molecular formula is C27H31FN4O3S. The average Bonchev–Trinajstić information content (AvgIpc) is 3.40. The minimum atomic E-state index is -0.436. The second-order valence-corrected chi connectivity index (χ2v) is 9.66. The van der Waals surface area contributed by atoms with E-state index in [1.54, 1.807) is 22.3 Å². The Morgan fingerprint density at radius 3 is 2.50 bits per heavy atom. The maximum atomic E-state index is 13.7. The van der Waals surface area contributed by atoms with Crippen LogP contribution in [0.25, 0.3) is 0 Å². The zero-order valence-corrected chi connectivity index (χ0v) is 21.0. The minimum Gasteiger partial charge on any atom is -0.379 e. The smallest absolute Gasteiger partial charge is 0.322 e. The number of morpholine rings is 1. The van der Waals surface area contributed by atoms with Crippen molar-refractivity contribution in [3.8, 4) is 0 Å².